The van der Waals surface area contributed by atoms with Gasteiger partial charge in [0, 0.05) is 11.6 Å². The summed E-state index contributed by atoms with van der Waals surface area (Å²) >= 11 is 0. The van der Waals surface area contributed by atoms with Gasteiger partial charge >= 0.3 is 0 Å². The fourth-order valence-corrected chi connectivity index (χ4v) is 2.60. The van der Waals surface area contributed by atoms with Gasteiger partial charge in [0.2, 0.25) is 0 Å². The van der Waals surface area contributed by atoms with Crippen LogP contribution in [0, 0.1) is 6.92 Å². The lowest BCUT2D eigenvalue weighted by atomic mass is 10.1. The maximum Gasteiger partial charge on any atom is 0.289 e. The summed E-state index contributed by atoms with van der Waals surface area (Å²) in [5.41, 5.74) is 4.40. The van der Waals surface area contributed by atoms with Gasteiger partial charge in [-0.15, -0.1) is 15.3 Å². The Labute approximate surface area is 137 Å². The van der Waals surface area contributed by atoms with E-state index in [-0.39, 0.29) is 12.0 Å². The largest absolute Gasteiger partial charge is 0.337 e. The minimum Gasteiger partial charge on any atom is -0.337 e. The van der Waals surface area contributed by atoms with E-state index >= 15 is 0 Å². The van der Waals surface area contributed by atoms with Crippen LogP contribution in [0.5, 0.6) is 0 Å². The van der Waals surface area contributed by atoms with Crippen molar-refractivity contribution in [2.45, 2.75) is 19.9 Å². The van der Waals surface area contributed by atoms with Gasteiger partial charge in [-0.2, -0.15) is 10.1 Å². The number of hydrogen-bond donors (Lipinski definition) is 1. The molecule has 1 aromatic carbocycles. The molecule has 0 aliphatic carbocycles. The van der Waals surface area contributed by atoms with Crippen molar-refractivity contribution in [3.8, 4) is 0 Å². The maximum absolute atomic E-state index is 4.41. The second-order valence-corrected chi connectivity index (χ2v) is 5.58. The third-order valence-electron chi connectivity index (χ3n) is 3.88. The van der Waals surface area contributed by atoms with Crippen molar-refractivity contribution in [2.75, 3.05) is 0 Å². The highest BCUT2D eigenvalue weighted by atomic mass is 15.3. The molecule has 4 aromatic rings. The van der Waals surface area contributed by atoms with Crippen molar-refractivity contribution in [3.05, 3.63) is 53.9 Å². The van der Waals surface area contributed by atoms with Gasteiger partial charge in [-0.05, 0) is 31.5 Å². The highest BCUT2D eigenvalue weighted by Gasteiger charge is 2.10. The summed E-state index contributed by atoms with van der Waals surface area (Å²) in [7, 11) is 0. The number of azo groups is 1. The molecule has 1 N–H and O–H groups in total. The van der Waals surface area contributed by atoms with Crippen molar-refractivity contribution < 1.29 is 0 Å². The Morgan fingerprint density at radius 3 is 2.83 bits per heavy atom. The number of nitrogens with zero attached hydrogens (tertiary/aromatic N) is 6. The van der Waals surface area contributed by atoms with E-state index in [4.69, 9.17) is 0 Å². The molecule has 0 bridgehead atoms. The lowest BCUT2D eigenvalue weighted by molar-refractivity contribution is 0.727. The SMILES string of the molecule is Cc1cccc2c1[nH]c1nc(N=NC(C)c3ccccn3)nnc12. The zero-order chi connectivity index (χ0) is 16.5. The van der Waals surface area contributed by atoms with Crippen LogP contribution in [0.3, 0.4) is 0 Å². The molecule has 0 radical (unpaired) electrons. The van der Waals surface area contributed by atoms with Gasteiger partial charge in [-0.1, -0.05) is 24.3 Å². The van der Waals surface area contributed by atoms with E-state index in [0.29, 0.717) is 5.65 Å². The number of aromatic nitrogens is 5. The van der Waals surface area contributed by atoms with Crippen molar-refractivity contribution in [2.24, 2.45) is 10.2 Å². The molecule has 0 amide bonds. The smallest absolute Gasteiger partial charge is 0.289 e. The molecule has 4 rings (SSSR count). The van der Waals surface area contributed by atoms with E-state index < -0.39 is 0 Å². The molecule has 7 heteroatoms. The van der Waals surface area contributed by atoms with Gasteiger partial charge in [-0.3, -0.25) is 4.98 Å². The monoisotopic (exact) mass is 317 g/mol. The number of rotatable bonds is 3. The van der Waals surface area contributed by atoms with Gasteiger partial charge in [0.1, 0.15) is 11.6 Å². The molecule has 0 fully saturated rings. The predicted octanol–water partition coefficient (Wildman–Crippen LogP) is 4.05. The van der Waals surface area contributed by atoms with E-state index in [2.05, 4.69) is 35.4 Å². The number of aromatic amines is 1. The Morgan fingerprint density at radius 2 is 2.00 bits per heavy atom. The Balaban J connectivity index is 1.69. The van der Waals surface area contributed by atoms with Crippen LogP contribution in [0.4, 0.5) is 5.95 Å². The Hall–Kier alpha value is -3.22. The molecule has 3 heterocycles. The molecule has 0 aliphatic rings. The van der Waals surface area contributed by atoms with E-state index in [1.54, 1.807) is 6.20 Å². The number of hydrogen-bond acceptors (Lipinski definition) is 6. The summed E-state index contributed by atoms with van der Waals surface area (Å²) in [6, 6.07) is 11.6. The number of benzene rings is 1. The highest BCUT2D eigenvalue weighted by Crippen LogP contribution is 2.25. The standard InChI is InChI=1S/C17H15N7/c1-10-6-5-7-12-14(10)19-16-15(12)22-24-17(20-16)23-21-11(2)13-8-3-4-9-18-13/h3-9,11H,1-2H3,(H,19,20,24). The zero-order valence-corrected chi connectivity index (χ0v) is 13.3. The highest BCUT2D eigenvalue weighted by molar-refractivity contribution is 6.04. The quantitative estimate of drug-likeness (QED) is 0.577. The molecular formula is C17H15N7. The number of nitrogens with one attached hydrogen (secondary N) is 1. The topological polar surface area (TPSA) is 92.1 Å². The van der Waals surface area contributed by atoms with Crippen LogP contribution in [-0.4, -0.2) is 25.1 Å². The molecule has 0 spiro atoms. The van der Waals surface area contributed by atoms with Crippen molar-refractivity contribution in [3.63, 3.8) is 0 Å². The number of aryl methyl sites for hydroxylation is 1. The molecule has 7 nitrogen and oxygen atoms in total. The number of para-hydroxylation sites is 1. The summed E-state index contributed by atoms with van der Waals surface area (Å²) < 4.78 is 0. The lowest BCUT2D eigenvalue weighted by Gasteiger charge is -2.02. The van der Waals surface area contributed by atoms with Crippen LogP contribution in [0.2, 0.25) is 0 Å². The first-order chi connectivity index (χ1) is 11.7. The first-order valence-electron chi connectivity index (χ1n) is 7.66. The molecule has 0 saturated carbocycles. The minimum atomic E-state index is -0.171. The van der Waals surface area contributed by atoms with Gasteiger partial charge in [-0.25, -0.2) is 0 Å². The molecule has 24 heavy (non-hydrogen) atoms. The average molecular weight is 317 g/mol. The Morgan fingerprint density at radius 1 is 1.08 bits per heavy atom. The number of pyridine rings is 1. The van der Waals surface area contributed by atoms with Gasteiger partial charge < -0.3 is 4.98 Å². The van der Waals surface area contributed by atoms with Crippen LogP contribution >= 0.6 is 0 Å². The third kappa shape index (κ3) is 2.50. The van der Waals surface area contributed by atoms with E-state index in [0.717, 1.165) is 27.7 Å². The third-order valence-corrected chi connectivity index (χ3v) is 3.88. The molecule has 0 saturated heterocycles. The molecule has 0 aliphatic heterocycles. The first-order valence-corrected chi connectivity index (χ1v) is 7.66. The van der Waals surface area contributed by atoms with E-state index in [1.165, 1.54) is 0 Å². The predicted molar refractivity (Wildman–Crippen MR) is 91.1 cm³/mol. The van der Waals surface area contributed by atoms with Crippen molar-refractivity contribution >= 4 is 28.0 Å². The summed E-state index contributed by atoms with van der Waals surface area (Å²) in [6.45, 7) is 3.96. The molecule has 118 valence electrons. The fourth-order valence-electron chi connectivity index (χ4n) is 2.60. The van der Waals surface area contributed by atoms with Gasteiger partial charge in [0.25, 0.3) is 5.95 Å². The Kier molecular flexibility index (Phi) is 3.45. The second kappa shape index (κ2) is 5.77. The van der Waals surface area contributed by atoms with Crippen LogP contribution in [0.15, 0.2) is 52.8 Å². The number of H-pyrrole nitrogens is 1. The van der Waals surface area contributed by atoms with E-state index in [1.807, 2.05) is 50.2 Å². The minimum absolute atomic E-state index is 0.171. The lowest BCUT2D eigenvalue weighted by Crippen LogP contribution is -1.92. The molecule has 1 unspecified atom stereocenters. The van der Waals surface area contributed by atoms with Crippen LogP contribution < -0.4 is 0 Å². The zero-order valence-electron chi connectivity index (χ0n) is 13.3. The van der Waals surface area contributed by atoms with Gasteiger partial charge in [0.15, 0.2) is 5.65 Å². The molecule has 3 aromatic heterocycles. The van der Waals surface area contributed by atoms with Gasteiger partial charge in [0.05, 0.1) is 11.2 Å². The van der Waals surface area contributed by atoms with Crippen LogP contribution in [-0.2, 0) is 0 Å². The van der Waals surface area contributed by atoms with Crippen LogP contribution in [0.25, 0.3) is 22.1 Å². The average Bonchev–Trinajstić information content (AvgIpc) is 3.00. The van der Waals surface area contributed by atoms with Crippen LogP contribution in [0.1, 0.15) is 24.2 Å². The second-order valence-electron chi connectivity index (χ2n) is 5.58. The summed E-state index contributed by atoms with van der Waals surface area (Å²) in [6.07, 6.45) is 1.73. The normalized spacial score (nSPS) is 13.1. The summed E-state index contributed by atoms with van der Waals surface area (Å²) in [4.78, 5) is 12.0. The Bertz CT molecular complexity index is 1040. The number of fused-ring (bicyclic) bond motifs is 3. The fraction of sp³-hybridized carbons (Fsp3) is 0.176. The maximum atomic E-state index is 4.41. The van der Waals surface area contributed by atoms with Crippen molar-refractivity contribution in [1.29, 1.82) is 0 Å². The molecule has 1 atom stereocenters. The summed E-state index contributed by atoms with van der Waals surface area (Å²) in [5, 5.41) is 17.7. The van der Waals surface area contributed by atoms with E-state index in [9.17, 15) is 0 Å². The summed E-state index contributed by atoms with van der Waals surface area (Å²) in [5.74, 6) is 0.231. The molecular weight excluding hydrogens is 302 g/mol. The van der Waals surface area contributed by atoms with Crippen molar-refractivity contribution in [1.82, 2.24) is 25.1 Å². The first kappa shape index (κ1) is 14.4.